The van der Waals surface area contributed by atoms with Crippen LogP contribution in [0.3, 0.4) is 0 Å². The maximum absolute atomic E-state index is 12.4. The van der Waals surface area contributed by atoms with Gasteiger partial charge in [0, 0.05) is 33.2 Å². The summed E-state index contributed by atoms with van der Waals surface area (Å²) < 4.78 is 11.9. The standard InChI is InChI=1S/C20H27N3O4S2/c1-21(2)20(28)29-14-18(24)22-10-8-15(9-11-22)23-12-17(27-19(23)25)13-26-16-6-4-3-5-7-16/h3-7,15,17H,8-14H2,1-2H3. The molecule has 0 N–H and O–H groups in total. The van der Waals surface area contributed by atoms with Crippen molar-refractivity contribution in [2.45, 2.75) is 25.0 Å². The summed E-state index contributed by atoms with van der Waals surface area (Å²) in [4.78, 5) is 30.2. The molecule has 158 valence electrons. The number of hydrogen-bond acceptors (Lipinski definition) is 6. The molecule has 0 spiro atoms. The fourth-order valence-corrected chi connectivity index (χ4v) is 4.27. The maximum Gasteiger partial charge on any atom is 0.410 e. The number of rotatable bonds is 6. The number of piperidine rings is 1. The van der Waals surface area contributed by atoms with E-state index in [-0.39, 0.29) is 24.1 Å². The zero-order valence-electron chi connectivity index (χ0n) is 16.8. The van der Waals surface area contributed by atoms with Gasteiger partial charge in [-0.1, -0.05) is 42.2 Å². The Morgan fingerprint density at radius 2 is 1.97 bits per heavy atom. The molecule has 7 nitrogen and oxygen atoms in total. The molecule has 0 aromatic heterocycles. The number of ether oxygens (including phenoxy) is 2. The van der Waals surface area contributed by atoms with Gasteiger partial charge in [0.05, 0.1) is 12.3 Å². The molecule has 29 heavy (non-hydrogen) atoms. The van der Waals surface area contributed by atoms with Crippen molar-refractivity contribution in [2.75, 3.05) is 46.1 Å². The summed E-state index contributed by atoms with van der Waals surface area (Å²) in [5.41, 5.74) is 0. The molecular formula is C20H27N3O4S2. The fraction of sp³-hybridized carbons (Fsp3) is 0.550. The predicted octanol–water partition coefficient (Wildman–Crippen LogP) is 2.46. The normalized spacial score (nSPS) is 19.8. The molecule has 0 radical (unpaired) electrons. The summed E-state index contributed by atoms with van der Waals surface area (Å²) in [5.74, 6) is 1.21. The highest BCUT2D eigenvalue weighted by molar-refractivity contribution is 8.23. The number of para-hydroxylation sites is 1. The Labute approximate surface area is 181 Å². The monoisotopic (exact) mass is 437 g/mol. The van der Waals surface area contributed by atoms with Gasteiger partial charge < -0.3 is 24.2 Å². The lowest BCUT2D eigenvalue weighted by atomic mass is 10.0. The van der Waals surface area contributed by atoms with Crippen LogP contribution in [0, 0.1) is 0 Å². The Balaban J connectivity index is 1.41. The molecule has 2 aliphatic heterocycles. The van der Waals surface area contributed by atoms with Crippen molar-refractivity contribution in [1.29, 1.82) is 0 Å². The molecule has 0 saturated carbocycles. The number of thioether (sulfide) groups is 1. The van der Waals surface area contributed by atoms with Crippen LogP contribution in [0.5, 0.6) is 5.75 Å². The molecule has 1 aromatic carbocycles. The van der Waals surface area contributed by atoms with E-state index in [0.29, 0.717) is 36.3 Å². The number of carbonyl (C=O) groups excluding carboxylic acids is 2. The number of likely N-dealkylation sites (tertiary alicyclic amines) is 1. The van der Waals surface area contributed by atoms with Crippen LogP contribution in [0.15, 0.2) is 30.3 Å². The Bertz CT molecular complexity index is 724. The van der Waals surface area contributed by atoms with Gasteiger partial charge >= 0.3 is 6.09 Å². The van der Waals surface area contributed by atoms with Gasteiger partial charge in [-0.3, -0.25) is 4.79 Å². The number of benzene rings is 1. The van der Waals surface area contributed by atoms with Gasteiger partial charge in [-0.25, -0.2) is 4.79 Å². The third-order valence-corrected chi connectivity index (χ3v) is 6.75. The highest BCUT2D eigenvalue weighted by atomic mass is 32.2. The largest absolute Gasteiger partial charge is 0.490 e. The van der Waals surface area contributed by atoms with Crippen LogP contribution in [0.4, 0.5) is 4.79 Å². The topological polar surface area (TPSA) is 62.3 Å². The molecule has 3 rings (SSSR count). The zero-order valence-corrected chi connectivity index (χ0v) is 18.4. The second kappa shape index (κ2) is 10.2. The molecule has 2 heterocycles. The van der Waals surface area contributed by atoms with E-state index in [1.807, 2.05) is 54.2 Å². The Kier molecular flexibility index (Phi) is 7.60. The number of carbonyl (C=O) groups is 2. The van der Waals surface area contributed by atoms with Crippen molar-refractivity contribution in [3.63, 3.8) is 0 Å². The van der Waals surface area contributed by atoms with E-state index < -0.39 is 0 Å². The van der Waals surface area contributed by atoms with Crippen LogP contribution in [-0.2, 0) is 9.53 Å². The average Bonchev–Trinajstić information content (AvgIpc) is 3.11. The number of amides is 2. The van der Waals surface area contributed by atoms with Crippen LogP contribution < -0.4 is 4.74 Å². The van der Waals surface area contributed by atoms with E-state index in [1.54, 1.807) is 4.90 Å². The Morgan fingerprint density at radius 1 is 1.28 bits per heavy atom. The van der Waals surface area contributed by atoms with Gasteiger partial charge in [0.1, 0.15) is 16.7 Å². The highest BCUT2D eigenvalue weighted by Gasteiger charge is 2.38. The molecule has 2 fully saturated rings. The van der Waals surface area contributed by atoms with Gasteiger partial charge in [0.15, 0.2) is 6.10 Å². The van der Waals surface area contributed by atoms with Crippen molar-refractivity contribution >= 4 is 40.3 Å². The predicted molar refractivity (Wildman–Crippen MR) is 117 cm³/mol. The minimum Gasteiger partial charge on any atom is -0.490 e. The van der Waals surface area contributed by atoms with Crippen molar-refractivity contribution < 1.29 is 19.1 Å². The molecular weight excluding hydrogens is 410 g/mol. The van der Waals surface area contributed by atoms with Crippen molar-refractivity contribution in [2.24, 2.45) is 0 Å². The molecule has 2 saturated heterocycles. The smallest absolute Gasteiger partial charge is 0.410 e. The number of thiocarbonyl (C=S) groups is 1. The van der Waals surface area contributed by atoms with Crippen molar-refractivity contribution in [3.05, 3.63) is 30.3 Å². The van der Waals surface area contributed by atoms with Gasteiger partial charge in [-0.05, 0) is 25.0 Å². The van der Waals surface area contributed by atoms with Gasteiger partial charge in [0.25, 0.3) is 0 Å². The maximum atomic E-state index is 12.4. The van der Waals surface area contributed by atoms with Gasteiger partial charge in [0.2, 0.25) is 5.91 Å². The second-order valence-electron chi connectivity index (χ2n) is 7.34. The summed E-state index contributed by atoms with van der Waals surface area (Å²) in [7, 11) is 3.75. The van der Waals surface area contributed by atoms with Gasteiger partial charge in [-0.15, -0.1) is 0 Å². The molecule has 2 aliphatic rings. The molecule has 0 aliphatic carbocycles. The average molecular weight is 438 g/mol. The molecule has 2 amide bonds. The SMILES string of the molecule is CN(C)C(=S)SCC(=O)N1CCC(N2CC(COc3ccccc3)OC2=O)CC1. The number of cyclic esters (lactones) is 1. The summed E-state index contributed by atoms with van der Waals surface area (Å²) in [6, 6.07) is 9.60. The lowest BCUT2D eigenvalue weighted by Crippen LogP contribution is -2.47. The van der Waals surface area contributed by atoms with Gasteiger partial charge in [-0.2, -0.15) is 0 Å². The molecule has 0 bridgehead atoms. The van der Waals surface area contributed by atoms with Crippen LogP contribution in [0.2, 0.25) is 0 Å². The van der Waals surface area contributed by atoms with Crippen molar-refractivity contribution in [3.8, 4) is 5.75 Å². The Morgan fingerprint density at radius 3 is 2.62 bits per heavy atom. The molecule has 9 heteroatoms. The highest BCUT2D eigenvalue weighted by Crippen LogP contribution is 2.24. The molecule has 1 aromatic rings. The van der Waals surface area contributed by atoms with E-state index in [0.717, 1.165) is 18.6 Å². The number of hydrogen-bond donors (Lipinski definition) is 0. The minimum absolute atomic E-state index is 0.0933. The summed E-state index contributed by atoms with van der Waals surface area (Å²) in [6.45, 7) is 2.16. The van der Waals surface area contributed by atoms with Crippen LogP contribution >= 0.6 is 24.0 Å². The third kappa shape index (κ3) is 5.99. The Hall–Kier alpha value is -2.00. The summed E-state index contributed by atoms with van der Waals surface area (Å²) >= 11 is 6.60. The first-order valence-electron chi connectivity index (χ1n) is 9.71. The number of nitrogens with zero attached hydrogens (tertiary/aromatic N) is 3. The van der Waals surface area contributed by atoms with Crippen LogP contribution in [0.25, 0.3) is 0 Å². The molecule has 1 unspecified atom stereocenters. The van der Waals surface area contributed by atoms with Crippen LogP contribution in [-0.4, -0.2) is 89.3 Å². The zero-order chi connectivity index (χ0) is 20.8. The van der Waals surface area contributed by atoms with E-state index in [2.05, 4.69) is 0 Å². The fourth-order valence-electron chi connectivity index (χ4n) is 3.40. The first-order chi connectivity index (χ1) is 13.9. The van der Waals surface area contributed by atoms with E-state index in [4.69, 9.17) is 21.7 Å². The lowest BCUT2D eigenvalue weighted by Gasteiger charge is -2.35. The first-order valence-corrected chi connectivity index (χ1v) is 11.1. The lowest BCUT2D eigenvalue weighted by molar-refractivity contribution is -0.129. The first kappa shape index (κ1) is 21.7. The van der Waals surface area contributed by atoms with E-state index >= 15 is 0 Å². The minimum atomic E-state index is -0.289. The van der Waals surface area contributed by atoms with Crippen LogP contribution in [0.1, 0.15) is 12.8 Å². The van der Waals surface area contributed by atoms with E-state index in [1.165, 1.54) is 11.8 Å². The summed E-state index contributed by atoms with van der Waals surface area (Å²) in [5, 5.41) is 0. The molecule has 1 atom stereocenters. The summed E-state index contributed by atoms with van der Waals surface area (Å²) in [6.07, 6.45) is 0.959. The quantitative estimate of drug-likeness (QED) is 0.634. The third-order valence-electron chi connectivity index (χ3n) is 5.02. The van der Waals surface area contributed by atoms with E-state index in [9.17, 15) is 9.59 Å². The van der Waals surface area contributed by atoms with Crippen molar-refractivity contribution in [1.82, 2.24) is 14.7 Å². The second-order valence-corrected chi connectivity index (χ2v) is 8.95.